The summed E-state index contributed by atoms with van der Waals surface area (Å²) in [6.07, 6.45) is 2.38. The number of halogens is 1. The van der Waals surface area contributed by atoms with Gasteiger partial charge < -0.3 is 10.2 Å². The maximum absolute atomic E-state index is 12.3. The summed E-state index contributed by atoms with van der Waals surface area (Å²) in [5, 5.41) is 3.75. The van der Waals surface area contributed by atoms with Crippen molar-refractivity contribution < 1.29 is 9.59 Å². The van der Waals surface area contributed by atoms with Crippen LogP contribution in [0.3, 0.4) is 0 Å². The number of hydrogen-bond acceptors (Lipinski definition) is 4. The molecule has 22 heavy (non-hydrogen) atoms. The van der Waals surface area contributed by atoms with Gasteiger partial charge >= 0.3 is 0 Å². The van der Waals surface area contributed by atoms with E-state index in [9.17, 15) is 9.59 Å². The van der Waals surface area contributed by atoms with E-state index in [0.29, 0.717) is 0 Å². The predicted octanol–water partition coefficient (Wildman–Crippen LogP) is 2.70. The summed E-state index contributed by atoms with van der Waals surface area (Å²) in [5.41, 5.74) is 1.11. The van der Waals surface area contributed by atoms with Crippen LogP contribution in [-0.4, -0.2) is 35.9 Å². The molecule has 0 aliphatic carbocycles. The van der Waals surface area contributed by atoms with Crippen molar-refractivity contribution in [3.8, 4) is 0 Å². The normalized spacial score (nSPS) is 22.9. The fourth-order valence-corrected chi connectivity index (χ4v) is 4.11. The third-order valence-corrected chi connectivity index (χ3v) is 5.53. The minimum Gasteiger partial charge on any atom is -0.371 e. The van der Waals surface area contributed by atoms with E-state index in [1.54, 1.807) is 0 Å². The van der Waals surface area contributed by atoms with E-state index >= 15 is 0 Å². The second kappa shape index (κ2) is 6.92. The number of carbonyl (C=O) groups is 2. The van der Waals surface area contributed by atoms with Gasteiger partial charge in [0.25, 0.3) is 0 Å². The highest BCUT2D eigenvalue weighted by Gasteiger charge is 2.31. The van der Waals surface area contributed by atoms with Gasteiger partial charge in [0.1, 0.15) is 0 Å². The van der Waals surface area contributed by atoms with Crippen molar-refractivity contribution in [1.82, 2.24) is 5.32 Å². The lowest BCUT2D eigenvalue weighted by Crippen LogP contribution is -2.45. The van der Waals surface area contributed by atoms with Gasteiger partial charge in [-0.1, -0.05) is 29.4 Å². The predicted molar refractivity (Wildman–Crippen MR) is 90.4 cm³/mol. The van der Waals surface area contributed by atoms with Gasteiger partial charge in [0, 0.05) is 35.5 Å². The van der Waals surface area contributed by atoms with E-state index in [4.69, 9.17) is 11.6 Å². The lowest BCUT2D eigenvalue weighted by atomic mass is 9.95. The summed E-state index contributed by atoms with van der Waals surface area (Å²) in [7, 11) is 0. The van der Waals surface area contributed by atoms with Crippen LogP contribution in [-0.2, 0) is 9.59 Å². The molecule has 1 atom stereocenters. The van der Waals surface area contributed by atoms with Crippen molar-refractivity contribution >= 4 is 40.1 Å². The Morgan fingerprint density at radius 1 is 1.27 bits per heavy atom. The second-order valence-electron chi connectivity index (χ2n) is 5.76. The Bertz CT molecular complexity index is 573. The molecule has 6 heteroatoms. The van der Waals surface area contributed by atoms with E-state index in [2.05, 4.69) is 10.2 Å². The molecule has 0 saturated carbocycles. The number of hydrogen-bond donors (Lipinski definition) is 1. The molecule has 2 fully saturated rings. The van der Waals surface area contributed by atoms with Crippen LogP contribution in [0.15, 0.2) is 24.3 Å². The Labute approximate surface area is 139 Å². The number of rotatable bonds is 3. The molecule has 1 N–H and O–H groups in total. The van der Waals surface area contributed by atoms with Crippen LogP contribution in [0, 0.1) is 5.92 Å². The van der Waals surface area contributed by atoms with Crippen molar-refractivity contribution in [2.75, 3.05) is 23.7 Å². The Kier molecular flexibility index (Phi) is 4.93. The van der Waals surface area contributed by atoms with Crippen molar-refractivity contribution in [3.63, 3.8) is 0 Å². The van der Waals surface area contributed by atoms with Crippen molar-refractivity contribution in [3.05, 3.63) is 29.3 Å². The van der Waals surface area contributed by atoms with Gasteiger partial charge in [0.05, 0.1) is 6.04 Å². The van der Waals surface area contributed by atoms with E-state index in [-0.39, 0.29) is 23.0 Å². The lowest BCUT2D eigenvalue weighted by Gasteiger charge is -2.33. The number of anilines is 1. The summed E-state index contributed by atoms with van der Waals surface area (Å²) in [6.45, 7) is 1.68. The largest absolute Gasteiger partial charge is 0.371 e. The van der Waals surface area contributed by atoms with E-state index in [1.165, 1.54) is 11.8 Å². The number of nitrogens with zero attached hydrogens (tertiary/aromatic N) is 1. The molecule has 2 aliphatic heterocycles. The van der Waals surface area contributed by atoms with Gasteiger partial charge in [-0.25, -0.2) is 0 Å². The van der Waals surface area contributed by atoms with Crippen LogP contribution in [0.2, 0.25) is 5.02 Å². The first kappa shape index (κ1) is 15.7. The molecule has 0 bridgehead atoms. The second-order valence-corrected chi connectivity index (χ2v) is 7.29. The average molecular weight is 339 g/mol. The smallest absolute Gasteiger partial charge is 0.223 e. The van der Waals surface area contributed by atoms with Gasteiger partial charge in [-0.05, 0) is 37.5 Å². The number of benzene rings is 1. The molecule has 3 rings (SSSR count). The average Bonchev–Trinajstić information content (AvgIpc) is 2.92. The molecule has 2 saturated heterocycles. The zero-order valence-electron chi connectivity index (χ0n) is 12.3. The molecular formula is C16H19ClN2O2S. The highest BCUT2D eigenvalue weighted by atomic mass is 35.5. The van der Waals surface area contributed by atoms with Crippen molar-refractivity contribution in [2.24, 2.45) is 5.92 Å². The number of amides is 1. The molecule has 1 unspecified atom stereocenters. The maximum atomic E-state index is 12.3. The van der Waals surface area contributed by atoms with Gasteiger partial charge in [-0.15, -0.1) is 0 Å². The number of thioether (sulfide) groups is 1. The first-order chi connectivity index (χ1) is 10.6. The third-order valence-electron chi connectivity index (χ3n) is 4.29. The van der Waals surface area contributed by atoms with Crippen LogP contribution < -0.4 is 10.2 Å². The zero-order chi connectivity index (χ0) is 15.5. The van der Waals surface area contributed by atoms with Crippen molar-refractivity contribution in [2.45, 2.75) is 25.3 Å². The molecule has 118 valence electrons. The minimum atomic E-state index is -0.275. The van der Waals surface area contributed by atoms with Gasteiger partial charge in [-0.2, -0.15) is 0 Å². The maximum Gasteiger partial charge on any atom is 0.223 e. The monoisotopic (exact) mass is 338 g/mol. The number of nitrogens with one attached hydrogen (secondary N) is 1. The molecule has 0 aromatic heterocycles. The van der Waals surface area contributed by atoms with Crippen molar-refractivity contribution in [1.29, 1.82) is 0 Å². The molecule has 1 aromatic rings. The summed E-state index contributed by atoms with van der Waals surface area (Å²) in [5.74, 6) is 0.859. The van der Waals surface area contributed by atoms with E-state index in [1.807, 2.05) is 24.3 Å². The van der Waals surface area contributed by atoms with Gasteiger partial charge in [0.15, 0.2) is 0 Å². The first-order valence-electron chi connectivity index (χ1n) is 7.61. The molecule has 0 radical (unpaired) electrons. The standard InChI is InChI=1S/C16H19ClN2O2S/c17-12-2-1-3-13(10-12)19-7-4-11(5-8-19)15(20)18-14-6-9-22-16(14)21/h1-3,10-11,14H,4-9H2,(H,18,20). The Hall–Kier alpha value is -1.20. The molecule has 4 nitrogen and oxygen atoms in total. The quantitative estimate of drug-likeness (QED) is 0.920. The summed E-state index contributed by atoms with van der Waals surface area (Å²) in [4.78, 5) is 26.1. The lowest BCUT2D eigenvalue weighted by molar-refractivity contribution is -0.128. The van der Waals surface area contributed by atoms with Crippen LogP contribution in [0.25, 0.3) is 0 Å². The Morgan fingerprint density at radius 2 is 2.05 bits per heavy atom. The molecule has 1 aromatic carbocycles. The molecule has 2 heterocycles. The van der Waals surface area contributed by atoms with E-state index < -0.39 is 0 Å². The van der Waals surface area contributed by atoms with Gasteiger partial charge in [0.2, 0.25) is 11.0 Å². The fraction of sp³-hybridized carbons (Fsp3) is 0.500. The SMILES string of the molecule is O=C(NC1CCSC1=O)C1CCN(c2cccc(Cl)c2)CC1. The third kappa shape index (κ3) is 3.58. The topological polar surface area (TPSA) is 49.4 Å². The first-order valence-corrected chi connectivity index (χ1v) is 8.97. The van der Waals surface area contributed by atoms with Gasteiger partial charge in [-0.3, -0.25) is 9.59 Å². The summed E-state index contributed by atoms with van der Waals surface area (Å²) < 4.78 is 0. The molecule has 0 spiro atoms. The van der Waals surface area contributed by atoms with Crippen LogP contribution >= 0.6 is 23.4 Å². The fourth-order valence-electron chi connectivity index (χ4n) is 2.99. The minimum absolute atomic E-state index is 0.00818. The van der Waals surface area contributed by atoms with Crippen LogP contribution in [0.4, 0.5) is 5.69 Å². The Balaban J connectivity index is 1.53. The molecular weight excluding hydrogens is 320 g/mol. The molecule has 1 amide bonds. The number of carbonyl (C=O) groups excluding carboxylic acids is 2. The summed E-state index contributed by atoms with van der Waals surface area (Å²) in [6, 6.07) is 7.53. The van der Waals surface area contributed by atoms with E-state index in [0.717, 1.165) is 48.8 Å². The highest BCUT2D eigenvalue weighted by Crippen LogP contribution is 2.26. The molecule has 2 aliphatic rings. The highest BCUT2D eigenvalue weighted by molar-refractivity contribution is 8.14. The number of piperidine rings is 1. The zero-order valence-corrected chi connectivity index (χ0v) is 13.8. The van der Waals surface area contributed by atoms with Crippen LogP contribution in [0.1, 0.15) is 19.3 Å². The van der Waals surface area contributed by atoms with Crippen LogP contribution in [0.5, 0.6) is 0 Å². The Morgan fingerprint density at radius 3 is 2.68 bits per heavy atom. The summed E-state index contributed by atoms with van der Waals surface area (Å²) >= 11 is 7.35.